The molecule has 0 unspecified atom stereocenters. The number of benzene rings is 12. The first kappa shape index (κ1) is 39.6. The number of rotatable bonds is 6. The monoisotopic (exact) mass is 877 g/mol. The summed E-state index contributed by atoms with van der Waals surface area (Å²) in [7, 11) is 0. The number of fused-ring (bicyclic) bond motifs is 13. The van der Waals surface area contributed by atoms with Crippen LogP contribution in [0.15, 0.2) is 249 Å². The van der Waals surface area contributed by atoms with Gasteiger partial charge in [-0.3, -0.25) is 0 Å². The molecule has 0 saturated heterocycles. The predicted molar refractivity (Wildman–Crippen MR) is 291 cm³/mol. The smallest absolute Gasteiger partial charge is 0.0714 e. The minimum atomic E-state index is -0.562. The van der Waals surface area contributed by atoms with E-state index in [1.165, 1.54) is 110 Å². The lowest BCUT2D eigenvalue weighted by Gasteiger charge is -2.35. The summed E-state index contributed by atoms with van der Waals surface area (Å²) < 4.78 is 0. The minimum absolute atomic E-state index is 0.128. The van der Waals surface area contributed by atoms with Crippen molar-refractivity contribution in [2.24, 2.45) is 0 Å². The van der Waals surface area contributed by atoms with Crippen LogP contribution in [-0.4, -0.2) is 0 Å². The van der Waals surface area contributed by atoms with Gasteiger partial charge in [0.2, 0.25) is 0 Å². The van der Waals surface area contributed by atoms with Crippen LogP contribution in [0, 0.1) is 0 Å². The normalized spacial score (nSPS) is 13.9. The fourth-order valence-electron chi connectivity index (χ4n) is 12.6. The molecule has 1 nitrogen and oxygen atoms in total. The molecule has 324 valence electrons. The highest BCUT2D eigenvalue weighted by Crippen LogP contribution is 2.58. The number of hydrogen-bond donors (Lipinski definition) is 0. The number of hydrogen-bond acceptors (Lipinski definition) is 1. The van der Waals surface area contributed by atoms with E-state index >= 15 is 0 Å². The van der Waals surface area contributed by atoms with Crippen LogP contribution < -0.4 is 4.90 Å². The molecule has 0 heterocycles. The topological polar surface area (TPSA) is 3.24 Å². The highest BCUT2D eigenvalue weighted by Gasteiger charge is 2.46. The van der Waals surface area contributed by atoms with Gasteiger partial charge in [-0.1, -0.05) is 226 Å². The van der Waals surface area contributed by atoms with Crippen molar-refractivity contribution in [1.29, 1.82) is 0 Å². The van der Waals surface area contributed by atoms with E-state index in [2.05, 4.69) is 267 Å². The molecular formula is C68H47N. The average molecular weight is 878 g/mol. The molecule has 12 aromatic rings. The maximum atomic E-state index is 2.58. The van der Waals surface area contributed by atoms with Crippen LogP contribution in [-0.2, 0) is 10.8 Å². The Morgan fingerprint density at radius 3 is 1.42 bits per heavy atom. The van der Waals surface area contributed by atoms with Gasteiger partial charge in [-0.25, -0.2) is 0 Å². The molecule has 0 amide bonds. The summed E-state index contributed by atoms with van der Waals surface area (Å²) in [6, 6.07) is 93.5. The molecule has 0 aliphatic heterocycles. The van der Waals surface area contributed by atoms with Crippen molar-refractivity contribution >= 4 is 60.2 Å². The van der Waals surface area contributed by atoms with Gasteiger partial charge >= 0.3 is 0 Å². The third-order valence-electron chi connectivity index (χ3n) is 15.7. The molecule has 0 saturated carbocycles. The average Bonchev–Trinajstić information content (AvgIpc) is 3.84. The van der Waals surface area contributed by atoms with Crippen LogP contribution in [0.1, 0.15) is 47.2 Å². The molecule has 14 rings (SSSR count). The second-order valence-corrected chi connectivity index (χ2v) is 19.5. The largest absolute Gasteiger partial charge is 0.310 e. The fourth-order valence-corrected chi connectivity index (χ4v) is 12.6. The van der Waals surface area contributed by atoms with Crippen LogP contribution in [0.25, 0.3) is 76.5 Å². The Labute approximate surface area is 403 Å². The molecule has 1 heteroatoms. The molecule has 0 atom stereocenters. The molecule has 0 bridgehead atoms. The van der Waals surface area contributed by atoms with Crippen LogP contribution in [0.4, 0.5) is 17.1 Å². The van der Waals surface area contributed by atoms with Gasteiger partial charge in [0.05, 0.1) is 11.1 Å². The Balaban J connectivity index is 1.14. The molecule has 0 N–H and O–H groups in total. The Morgan fingerprint density at radius 2 is 0.739 bits per heavy atom. The summed E-state index contributed by atoms with van der Waals surface area (Å²) in [6.45, 7) is 4.74. The van der Waals surface area contributed by atoms with Crippen LogP contribution >= 0.6 is 0 Å². The molecular weight excluding hydrogens is 831 g/mol. The maximum Gasteiger partial charge on any atom is 0.0714 e. The van der Waals surface area contributed by atoms with Gasteiger partial charge in [0.15, 0.2) is 0 Å². The summed E-state index contributed by atoms with van der Waals surface area (Å²) in [5.74, 6) is 0. The molecule has 2 aliphatic rings. The zero-order valence-electron chi connectivity index (χ0n) is 38.6. The van der Waals surface area contributed by atoms with Crippen molar-refractivity contribution in [2.75, 3.05) is 4.90 Å². The Hall–Kier alpha value is -8.52. The molecule has 2 aliphatic carbocycles. The quantitative estimate of drug-likeness (QED) is 0.150. The summed E-state index contributed by atoms with van der Waals surface area (Å²) in [6.07, 6.45) is 0. The minimum Gasteiger partial charge on any atom is -0.310 e. The van der Waals surface area contributed by atoms with E-state index in [-0.39, 0.29) is 5.41 Å². The van der Waals surface area contributed by atoms with E-state index in [9.17, 15) is 0 Å². The highest BCUT2D eigenvalue weighted by molar-refractivity contribution is 6.27. The van der Waals surface area contributed by atoms with E-state index in [1.807, 2.05) is 0 Å². The molecule has 12 aromatic carbocycles. The Kier molecular flexibility index (Phi) is 8.61. The van der Waals surface area contributed by atoms with E-state index < -0.39 is 5.41 Å². The molecule has 0 fully saturated rings. The molecule has 69 heavy (non-hydrogen) atoms. The molecule has 0 radical (unpaired) electrons. The van der Waals surface area contributed by atoms with Gasteiger partial charge in [-0.15, -0.1) is 0 Å². The van der Waals surface area contributed by atoms with Gasteiger partial charge in [-0.05, 0) is 141 Å². The third kappa shape index (κ3) is 5.65. The second kappa shape index (κ2) is 15.0. The van der Waals surface area contributed by atoms with E-state index in [1.54, 1.807) is 0 Å². The molecule has 0 spiro atoms. The van der Waals surface area contributed by atoms with E-state index in [0.717, 1.165) is 17.1 Å². The van der Waals surface area contributed by atoms with Gasteiger partial charge in [0, 0.05) is 22.4 Å². The predicted octanol–water partition coefficient (Wildman–Crippen LogP) is 18.1. The summed E-state index contributed by atoms with van der Waals surface area (Å²) >= 11 is 0. The SMILES string of the molecule is CC1(C)c2ccccc2-c2cc(N(c3ccc4c(c3)C(c3ccccc3)(c3ccccc3)c3ccccc3-4)c3cc4c5ccccc5c5ccccc5c4cc3-c3cccc4ccccc34)ccc21. The van der Waals surface area contributed by atoms with Gasteiger partial charge in [-0.2, -0.15) is 0 Å². The van der Waals surface area contributed by atoms with Crippen molar-refractivity contribution in [3.05, 3.63) is 282 Å². The van der Waals surface area contributed by atoms with Crippen molar-refractivity contribution in [1.82, 2.24) is 0 Å². The first-order chi connectivity index (χ1) is 34.0. The second-order valence-electron chi connectivity index (χ2n) is 19.5. The van der Waals surface area contributed by atoms with Crippen molar-refractivity contribution < 1.29 is 0 Å². The highest BCUT2D eigenvalue weighted by atomic mass is 15.1. The summed E-state index contributed by atoms with van der Waals surface area (Å²) in [5, 5.41) is 9.97. The van der Waals surface area contributed by atoms with Crippen molar-refractivity contribution in [3.63, 3.8) is 0 Å². The maximum absolute atomic E-state index is 2.58. The number of anilines is 3. The standard InChI is InChI=1S/C68H47N/c1-67(2)62-34-17-15-32-56(62)60-40-47(37-39-63(60)67)69(48-36-38-57-55-31-16-18-35-64(55)68(65(57)41-48,45-22-5-3-6-23-45)46-24-7-4-8-25-46)66-43-59-54-30-14-12-28-52(54)51-27-11-13-29-53(51)58(59)42-61(66)50-33-19-21-44-20-9-10-26-49(44)50/h3-43H,1-2H3. The van der Waals surface area contributed by atoms with E-state index in [0.29, 0.717) is 0 Å². The lowest BCUT2D eigenvalue weighted by Crippen LogP contribution is -2.28. The fraction of sp³-hybridized carbons (Fsp3) is 0.0588. The van der Waals surface area contributed by atoms with Crippen LogP contribution in [0.3, 0.4) is 0 Å². The third-order valence-corrected chi connectivity index (χ3v) is 15.7. The molecule has 0 aromatic heterocycles. The van der Waals surface area contributed by atoms with Crippen LogP contribution in [0.2, 0.25) is 0 Å². The van der Waals surface area contributed by atoms with Crippen LogP contribution in [0.5, 0.6) is 0 Å². The summed E-state index contributed by atoms with van der Waals surface area (Å²) in [5.41, 5.74) is 18.0. The van der Waals surface area contributed by atoms with Crippen molar-refractivity contribution in [3.8, 4) is 33.4 Å². The van der Waals surface area contributed by atoms with Gasteiger partial charge in [0.1, 0.15) is 0 Å². The van der Waals surface area contributed by atoms with Crippen molar-refractivity contribution in [2.45, 2.75) is 24.7 Å². The Bertz CT molecular complexity index is 4000. The zero-order valence-corrected chi connectivity index (χ0v) is 38.6. The van der Waals surface area contributed by atoms with E-state index in [4.69, 9.17) is 0 Å². The first-order valence-corrected chi connectivity index (χ1v) is 24.3. The Morgan fingerprint density at radius 1 is 0.275 bits per heavy atom. The lowest BCUT2D eigenvalue weighted by molar-refractivity contribution is 0.660. The first-order valence-electron chi connectivity index (χ1n) is 24.3. The van der Waals surface area contributed by atoms with Gasteiger partial charge < -0.3 is 4.90 Å². The number of nitrogens with zero attached hydrogens (tertiary/aromatic N) is 1. The lowest BCUT2D eigenvalue weighted by atomic mass is 9.67. The zero-order chi connectivity index (χ0) is 45.8. The van der Waals surface area contributed by atoms with Gasteiger partial charge in [0.25, 0.3) is 0 Å². The summed E-state index contributed by atoms with van der Waals surface area (Å²) in [4.78, 5) is 2.58.